The minimum Gasteiger partial charge on any atom is -0.469 e. The maximum Gasteiger partial charge on any atom is 0.308 e. The zero-order valence-electron chi connectivity index (χ0n) is 12.1. The summed E-state index contributed by atoms with van der Waals surface area (Å²) in [6.45, 7) is 1.89. The number of rotatable bonds is 5. The summed E-state index contributed by atoms with van der Waals surface area (Å²) in [5.74, 6) is 0.523. The van der Waals surface area contributed by atoms with Crippen molar-refractivity contribution < 1.29 is 14.3 Å². The minimum absolute atomic E-state index is 0.0532. The molecule has 4 N–H and O–H groups in total. The Kier molecular flexibility index (Phi) is 9.28. The molecule has 0 radical (unpaired) electrons. The summed E-state index contributed by atoms with van der Waals surface area (Å²) in [6.07, 6.45) is 2.94. The average molecular weight is 298 g/mol. The molecule has 1 amide bonds. The minimum atomic E-state index is -0.452. The Morgan fingerprint density at radius 2 is 2.05 bits per heavy atom. The van der Waals surface area contributed by atoms with Crippen molar-refractivity contribution in [3.05, 3.63) is 29.8 Å². The van der Waals surface area contributed by atoms with Crippen LogP contribution in [-0.4, -0.2) is 31.0 Å². The van der Waals surface area contributed by atoms with Gasteiger partial charge in [-0.1, -0.05) is 13.0 Å². The Morgan fingerprint density at radius 3 is 2.45 bits per heavy atom. The van der Waals surface area contributed by atoms with Gasteiger partial charge in [0.05, 0.1) is 13.0 Å². The number of methoxy groups -OCH3 is 1. The van der Waals surface area contributed by atoms with Gasteiger partial charge >= 0.3 is 5.97 Å². The van der Waals surface area contributed by atoms with Crippen molar-refractivity contribution >= 4 is 29.3 Å². The van der Waals surface area contributed by atoms with E-state index in [-0.39, 0.29) is 11.9 Å². The molecule has 0 bridgehead atoms. The van der Waals surface area contributed by atoms with Crippen LogP contribution in [0.15, 0.2) is 24.3 Å². The smallest absolute Gasteiger partial charge is 0.308 e. The van der Waals surface area contributed by atoms with Gasteiger partial charge in [0.2, 0.25) is 5.91 Å². The normalized spacial score (nSPS) is 10.9. The van der Waals surface area contributed by atoms with Crippen molar-refractivity contribution in [3.8, 4) is 0 Å². The molecule has 1 aromatic rings. The van der Waals surface area contributed by atoms with Crippen LogP contribution in [0.25, 0.3) is 0 Å². The maximum absolute atomic E-state index is 10.8. The highest BCUT2D eigenvalue weighted by molar-refractivity contribution is 7.98. The lowest BCUT2D eigenvalue weighted by atomic mass is 10.1. The van der Waals surface area contributed by atoms with E-state index in [2.05, 4.69) is 4.74 Å². The molecule has 20 heavy (non-hydrogen) atoms. The van der Waals surface area contributed by atoms with Crippen molar-refractivity contribution in [2.24, 2.45) is 11.7 Å². The molecule has 0 heterocycles. The molecule has 0 aliphatic heterocycles. The highest BCUT2D eigenvalue weighted by Crippen LogP contribution is 2.07. The quantitative estimate of drug-likeness (QED) is 0.639. The molecule has 5 nitrogen and oxygen atoms in total. The lowest BCUT2D eigenvalue weighted by molar-refractivity contribution is -0.144. The second kappa shape index (κ2) is 10.1. The fourth-order valence-corrected chi connectivity index (χ4v) is 1.89. The number of nitrogen functional groups attached to an aromatic ring is 1. The van der Waals surface area contributed by atoms with Crippen molar-refractivity contribution in [3.63, 3.8) is 0 Å². The van der Waals surface area contributed by atoms with Gasteiger partial charge < -0.3 is 16.2 Å². The Morgan fingerprint density at radius 1 is 1.40 bits per heavy atom. The molecule has 6 heteroatoms. The van der Waals surface area contributed by atoms with Crippen LogP contribution in [0.3, 0.4) is 0 Å². The molecule has 1 atom stereocenters. The van der Waals surface area contributed by atoms with Crippen LogP contribution in [0.5, 0.6) is 0 Å². The Balaban J connectivity index is 0.000000361. The van der Waals surface area contributed by atoms with E-state index in [1.54, 1.807) is 36.0 Å². The van der Waals surface area contributed by atoms with E-state index in [0.717, 1.165) is 12.2 Å². The number of hydrogen-bond acceptors (Lipinski definition) is 5. The predicted molar refractivity (Wildman–Crippen MR) is 83.6 cm³/mol. The van der Waals surface area contributed by atoms with E-state index >= 15 is 0 Å². The van der Waals surface area contributed by atoms with E-state index in [1.165, 1.54) is 7.11 Å². The second-order valence-corrected chi connectivity index (χ2v) is 5.18. The molecule has 0 aromatic heterocycles. The molecule has 0 fully saturated rings. The number of primary amides is 1. The van der Waals surface area contributed by atoms with Crippen molar-refractivity contribution in [2.75, 3.05) is 24.9 Å². The number of esters is 1. The van der Waals surface area contributed by atoms with Crippen molar-refractivity contribution in [1.29, 1.82) is 0 Å². The van der Waals surface area contributed by atoms with Gasteiger partial charge in [0.25, 0.3) is 0 Å². The van der Waals surface area contributed by atoms with Crippen LogP contribution in [0.2, 0.25) is 0 Å². The van der Waals surface area contributed by atoms with Crippen LogP contribution in [0, 0.1) is 5.92 Å². The maximum atomic E-state index is 10.8. The zero-order valence-corrected chi connectivity index (χ0v) is 12.9. The van der Waals surface area contributed by atoms with E-state index in [9.17, 15) is 9.59 Å². The number of carbonyl (C=O) groups excluding carboxylic acids is 2. The molecule has 1 rings (SSSR count). The number of benzene rings is 1. The van der Waals surface area contributed by atoms with Crippen LogP contribution < -0.4 is 11.5 Å². The number of thioether (sulfide) groups is 1. The number of amides is 1. The van der Waals surface area contributed by atoms with Gasteiger partial charge in [-0.15, -0.1) is 0 Å². The Labute approximate surface area is 124 Å². The SMILES string of the molecule is COC(=O)[C@@H](C)CCSC.NC(=O)c1cccc(N)c1. The molecular weight excluding hydrogens is 276 g/mol. The number of hydrogen-bond donors (Lipinski definition) is 2. The van der Waals surface area contributed by atoms with E-state index in [4.69, 9.17) is 11.5 Å². The van der Waals surface area contributed by atoms with Crippen LogP contribution >= 0.6 is 11.8 Å². The third-order valence-corrected chi connectivity index (χ3v) is 3.17. The van der Waals surface area contributed by atoms with Gasteiger partial charge in [-0.2, -0.15) is 11.8 Å². The highest BCUT2D eigenvalue weighted by Gasteiger charge is 2.11. The fraction of sp³-hybridized carbons (Fsp3) is 0.429. The van der Waals surface area contributed by atoms with Gasteiger partial charge in [-0.05, 0) is 36.6 Å². The summed E-state index contributed by atoms with van der Waals surface area (Å²) in [6, 6.07) is 6.56. The highest BCUT2D eigenvalue weighted by atomic mass is 32.2. The summed E-state index contributed by atoms with van der Waals surface area (Å²) in [4.78, 5) is 21.3. The van der Waals surface area contributed by atoms with Gasteiger partial charge in [0.1, 0.15) is 0 Å². The first-order valence-corrected chi connectivity index (χ1v) is 7.53. The van der Waals surface area contributed by atoms with Gasteiger partial charge in [0, 0.05) is 11.3 Å². The molecule has 112 valence electrons. The molecule has 0 spiro atoms. The zero-order chi connectivity index (χ0) is 15.5. The molecule has 0 unspecified atom stereocenters. The third kappa shape index (κ3) is 7.68. The van der Waals surface area contributed by atoms with E-state index in [1.807, 2.05) is 13.2 Å². The molecule has 1 aromatic carbocycles. The fourth-order valence-electron chi connectivity index (χ4n) is 1.31. The summed E-state index contributed by atoms with van der Waals surface area (Å²) in [5, 5.41) is 0. The standard InChI is InChI=1S/C7H8N2O.C7H14O2S/c8-6-3-1-2-5(4-6)7(9)10;1-6(4-5-10-3)7(8)9-2/h1-4H,8H2,(H2,9,10);6H,4-5H2,1-3H3/t;6-/m.0/s1. The van der Waals surface area contributed by atoms with Gasteiger partial charge in [-0.3, -0.25) is 9.59 Å². The number of ether oxygens (including phenoxy) is 1. The Bertz CT molecular complexity index is 438. The molecule has 0 aliphatic carbocycles. The molecule has 0 saturated heterocycles. The predicted octanol–water partition coefficient (Wildman–Crippen LogP) is 1.92. The first-order chi connectivity index (χ1) is 9.42. The van der Waals surface area contributed by atoms with Crippen molar-refractivity contribution in [2.45, 2.75) is 13.3 Å². The first kappa shape index (κ1) is 18.3. The average Bonchev–Trinajstić information content (AvgIpc) is 2.44. The molecule has 0 saturated carbocycles. The first-order valence-electron chi connectivity index (χ1n) is 6.14. The molecule has 0 aliphatic rings. The third-order valence-electron chi connectivity index (χ3n) is 2.53. The topological polar surface area (TPSA) is 95.4 Å². The van der Waals surface area contributed by atoms with Gasteiger partial charge in [0.15, 0.2) is 0 Å². The molecular formula is C14H22N2O3S. The summed E-state index contributed by atoms with van der Waals surface area (Å²) < 4.78 is 4.56. The summed E-state index contributed by atoms with van der Waals surface area (Å²) in [7, 11) is 1.43. The van der Waals surface area contributed by atoms with Crippen LogP contribution in [0.1, 0.15) is 23.7 Å². The second-order valence-electron chi connectivity index (χ2n) is 4.20. The van der Waals surface area contributed by atoms with Gasteiger partial charge in [-0.25, -0.2) is 0 Å². The lowest BCUT2D eigenvalue weighted by Crippen LogP contribution is -2.13. The van der Waals surface area contributed by atoms with Crippen LogP contribution in [0.4, 0.5) is 5.69 Å². The van der Waals surface area contributed by atoms with Crippen LogP contribution in [-0.2, 0) is 9.53 Å². The van der Waals surface area contributed by atoms with E-state index < -0.39 is 5.91 Å². The largest absolute Gasteiger partial charge is 0.469 e. The van der Waals surface area contributed by atoms with Crippen molar-refractivity contribution in [1.82, 2.24) is 0 Å². The Hall–Kier alpha value is -1.69. The number of nitrogens with two attached hydrogens (primary N) is 2. The lowest BCUT2D eigenvalue weighted by Gasteiger charge is -2.06. The summed E-state index contributed by atoms with van der Waals surface area (Å²) in [5.41, 5.74) is 11.4. The number of anilines is 1. The number of carbonyl (C=O) groups is 2. The monoisotopic (exact) mass is 298 g/mol. The van der Waals surface area contributed by atoms with E-state index in [0.29, 0.717) is 11.3 Å². The summed E-state index contributed by atoms with van der Waals surface area (Å²) >= 11 is 1.75.